The zero-order valence-electron chi connectivity index (χ0n) is 10.4. The summed E-state index contributed by atoms with van der Waals surface area (Å²) in [4.78, 5) is 13.0. The first-order chi connectivity index (χ1) is 9.24. The molecule has 2 N–H and O–H groups in total. The summed E-state index contributed by atoms with van der Waals surface area (Å²) in [6.45, 7) is 0. The summed E-state index contributed by atoms with van der Waals surface area (Å²) in [7, 11) is 0. The van der Waals surface area contributed by atoms with Gasteiger partial charge in [0.25, 0.3) is 0 Å². The van der Waals surface area contributed by atoms with Gasteiger partial charge >= 0.3 is 0 Å². The van der Waals surface area contributed by atoms with E-state index < -0.39 is 6.10 Å². The molecule has 3 nitrogen and oxygen atoms in total. The topological polar surface area (TPSA) is 49.3 Å². The second-order valence-corrected chi connectivity index (χ2v) is 5.80. The molecule has 3 rings (SSSR count). The van der Waals surface area contributed by atoms with Crippen LogP contribution in [0, 0.1) is 0 Å². The van der Waals surface area contributed by atoms with Crippen molar-refractivity contribution in [2.24, 2.45) is 0 Å². The van der Waals surface area contributed by atoms with Crippen molar-refractivity contribution >= 4 is 17.2 Å². The van der Waals surface area contributed by atoms with Gasteiger partial charge in [-0.2, -0.15) is 0 Å². The third kappa shape index (κ3) is 2.55. The first-order valence-corrected chi connectivity index (χ1v) is 7.19. The van der Waals surface area contributed by atoms with E-state index in [0.717, 1.165) is 16.0 Å². The molecule has 1 heterocycles. The van der Waals surface area contributed by atoms with Gasteiger partial charge in [-0.25, -0.2) is 0 Å². The quantitative estimate of drug-likeness (QED) is 0.899. The molecular formula is C15H15NO2S. The van der Waals surface area contributed by atoms with Gasteiger partial charge in [0.05, 0.1) is 18.6 Å². The maximum Gasteiger partial charge on any atom is 0.225 e. The molecule has 0 bridgehead atoms. The molecular weight excluding hydrogens is 258 g/mol. The number of aliphatic hydroxyl groups is 1. The van der Waals surface area contributed by atoms with Crippen molar-refractivity contribution in [2.75, 3.05) is 0 Å². The number of hydrogen-bond donors (Lipinski definition) is 2. The Bertz CT molecular complexity index is 580. The molecule has 1 aliphatic carbocycles. The highest BCUT2D eigenvalue weighted by Crippen LogP contribution is 2.31. The van der Waals surface area contributed by atoms with Gasteiger partial charge < -0.3 is 10.4 Å². The van der Waals surface area contributed by atoms with Crippen LogP contribution in [0.25, 0.3) is 0 Å². The Morgan fingerprint density at radius 3 is 2.95 bits per heavy atom. The van der Waals surface area contributed by atoms with Crippen LogP contribution in [-0.2, 0) is 17.6 Å². The molecule has 1 aromatic heterocycles. The van der Waals surface area contributed by atoms with Crippen LogP contribution in [0.3, 0.4) is 0 Å². The monoisotopic (exact) mass is 273 g/mol. The van der Waals surface area contributed by atoms with Crippen molar-refractivity contribution in [3.05, 3.63) is 57.8 Å². The number of rotatable bonds is 3. The van der Waals surface area contributed by atoms with Gasteiger partial charge in [0.15, 0.2) is 0 Å². The molecule has 0 spiro atoms. The second kappa shape index (κ2) is 5.15. The zero-order valence-corrected chi connectivity index (χ0v) is 11.2. The lowest BCUT2D eigenvalue weighted by molar-refractivity contribution is -0.121. The van der Waals surface area contributed by atoms with Gasteiger partial charge in [-0.1, -0.05) is 30.3 Å². The fraction of sp³-hybridized carbons (Fsp3) is 0.267. The van der Waals surface area contributed by atoms with Gasteiger partial charge in [0, 0.05) is 11.3 Å². The molecule has 0 radical (unpaired) electrons. The van der Waals surface area contributed by atoms with E-state index in [1.807, 2.05) is 41.8 Å². The standard InChI is InChI=1S/C15H15NO2S/c17-13-8-10-4-1-2-6-12(10)15(13)16-14(18)9-11-5-3-7-19-11/h1-7,13,15,17H,8-9H2,(H,16,18)/t13-,15+/m1/s1. The van der Waals surface area contributed by atoms with E-state index in [4.69, 9.17) is 0 Å². The molecule has 1 aromatic carbocycles. The van der Waals surface area contributed by atoms with Gasteiger partial charge in [-0.3, -0.25) is 4.79 Å². The molecule has 4 heteroatoms. The average molecular weight is 273 g/mol. The van der Waals surface area contributed by atoms with Crippen LogP contribution < -0.4 is 5.32 Å². The van der Waals surface area contributed by atoms with Gasteiger partial charge in [0.2, 0.25) is 5.91 Å². The SMILES string of the molecule is O=C(Cc1cccs1)N[C@H]1c2ccccc2C[C@H]1O. The van der Waals surface area contributed by atoms with E-state index >= 15 is 0 Å². The van der Waals surface area contributed by atoms with E-state index in [1.54, 1.807) is 11.3 Å². The summed E-state index contributed by atoms with van der Waals surface area (Å²) in [6, 6.07) is 11.5. The van der Waals surface area contributed by atoms with Crippen LogP contribution in [0.2, 0.25) is 0 Å². The number of hydrogen-bond acceptors (Lipinski definition) is 3. The fourth-order valence-corrected chi connectivity index (χ4v) is 3.25. The first-order valence-electron chi connectivity index (χ1n) is 6.31. The lowest BCUT2D eigenvalue weighted by Crippen LogP contribution is -2.34. The molecule has 2 atom stereocenters. The molecule has 0 saturated carbocycles. The van der Waals surface area contributed by atoms with Crippen LogP contribution in [0.1, 0.15) is 22.0 Å². The van der Waals surface area contributed by atoms with Crippen LogP contribution >= 0.6 is 11.3 Å². The minimum absolute atomic E-state index is 0.0387. The van der Waals surface area contributed by atoms with Crippen LogP contribution in [0.15, 0.2) is 41.8 Å². The Hall–Kier alpha value is -1.65. The number of carbonyl (C=O) groups excluding carboxylic acids is 1. The van der Waals surface area contributed by atoms with Crippen LogP contribution in [0.4, 0.5) is 0 Å². The molecule has 0 unspecified atom stereocenters. The minimum Gasteiger partial charge on any atom is -0.390 e. The lowest BCUT2D eigenvalue weighted by atomic mass is 10.1. The minimum atomic E-state index is -0.523. The first kappa shape index (κ1) is 12.4. The Kier molecular flexibility index (Phi) is 3.36. The van der Waals surface area contributed by atoms with Crippen molar-refractivity contribution in [3.8, 4) is 0 Å². The number of amides is 1. The normalized spacial score (nSPS) is 21.1. The third-order valence-corrected chi connectivity index (χ3v) is 4.31. The highest BCUT2D eigenvalue weighted by Gasteiger charge is 2.31. The van der Waals surface area contributed by atoms with Crippen LogP contribution in [0.5, 0.6) is 0 Å². The Morgan fingerprint density at radius 2 is 2.16 bits per heavy atom. The summed E-state index contributed by atoms with van der Waals surface area (Å²) in [5, 5.41) is 15.0. The molecule has 1 amide bonds. The predicted molar refractivity (Wildman–Crippen MR) is 75.1 cm³/mol. The highest BCUT2D eigenvalue weighted by molar-refractivity contribution is 7.10. The number of thiophene rings is 1. The molecule has 98 valence electrons. The molecule has 19 heavy (non-hydrogen) atoms. The summed E-state index contributed by atoms with van der Waals surface area (Å²) < 4.78 is 0. The average Bonchev–Trinajstić information content (AvgIpc) is 2.99. The summed E-state index contributed by atoms with van der Waals surface area (Å²) in [5.41, 5.74) is 2.16. The number of aliphatic hydroxyl groups excluding tert-OH is 1. The van der Waals surface area contributed by atoms with Crippen LogP contribution in [-0.4, -0.2) is 17.1 Å². The third-order valence-electron chi connectivity index (χ3n) is 3.44. The van der Waals surface area contributed by atoms with E-state index in [2.05, 4.69) is 5.32 Å². The van der Waals surface area contributed by atoms with E-state index in [9.17, 15) is 9.90 Å². The Morgan fingerprint density at radius 1 is 1.32 bits per heavy atom. The zero-order chi connectivity index (χ0) is 13.2. The predicted octanol–water partition coefficient (Wildman–Crippen LogP) is 2.07. The summed E-state index contributed by atoms with van der Waals surface area (Å²) in [6.07, 6.45) is 0.466. The maximum absolute atomic E-state index is 12.0. The largest absolute Gasteiger partial charge is 0.390 e. The number of carbonyl (C=O) groups is 1. The van der Waals surface area contributed by atoms with Crippen molar-refractivity contribution in [1.29, 1.82) is 0 Å². The van der Waals surface area contributed by atoms with Crippen molar-refractivity contribution < 1.29 is 9.90 Å². The maximum atomic E-state index is 12.0. The van der Waals surface area contributed by atoms with E-state index in [0.29, 0.717) is 12.8 Å². The number of nitrogens with one attached hydrogen (secondary N) is 1. The van der Waals surface area contributed by atoms with Gasteiger partial charge in [0.1, 0.15) is 0 Å². The highest BCUT2D eigenvalue weighted by atomic mass is 32.1. The van der Waals surface area contributed by atoms with Gasteiger partial charge in [-0.05, 0) is 22.6 Å². The Labute approximate surface area is 115 Å². The number of benzene rings is 1. The van der Waals surface area contributed by atoms with Crippen molar-refractivity contribution in [1.82, 2.24) is 5.32 Å². The molecule has 2 aromatic rings. The van der Waals surface area contributed by atoms with E-state index in [-0.39, 0.29) is 11.9 Å². The second-order valence-electron chi connectivity index (χ2n) is 4.77. The van der Waals surface area contributed by atoms with Crippen molar-refractivity contribution in [3.63, 3.8) is 0 Å². The van der Waals surface area contributed by atoms with E-state index in [1.165, 1.54) is 0 Å². The molecule has 0 saturated heterocycles. The summed E-state index contributed by atoms with van der Waals surface area (Å²) in [5.74, 6) is -0.0387. The molecule has 0 fully saturated rings. The smallest absolute Gasteiger partial charge is 0.225 e. The summed E-state index contributed by atoms with van der Waals surface area (Å²) >= 11 is 1.57. The molecule has 0 aliphatic heterocycles. The lowest BCUT2D eigenvalue weighted by Gasteiger charge is -2.17. The van der Waals surface area contributed by atoms with Crippen molar-refractivity contribution in [2.45, 2.75) is 25.0 Å². The Balaban J connectivity index is 1.71. The molecule has 1 aliphatic rings. The number of fused-ring (bicyclic) bond motifs is 1. The fourth-order valence-electron chi connectivity index (χ4n) is 2.54. The van der Waals surface area contributed by atoms with Gasteiger partial charge in [-0.15, -0.1) is 11.3 Å².